The van der Waals surface area contributed by atoms with E-state index >= 15 is 0 Å². The van der Waals surface area contributed by atoms with Gasteiger partial charge in [-0.2, -0.15) is 0 Å². The molecule has 0 saturated carbocycles. The third-order valence-corrected chi connectivity index (χ3v) is 5.39. The fourth-order valence-corrected chi connectivity index (χ4v) is 3.71. The Morgan fingerprint density at radius 3 is 3.00 bits per heavy atom. The minimum Gasteiger partial charge on any atom is -0.465 e. The zero-order valence-corrected chi connectivity index (χ0v) is 18.1. The third kappa shape index (κ3) is 4.79. The van der Waals surface area contributed by atoms with Crippen molar-refractivity contribution in [2.75, 3.05) is 32.1 Å². The van der Waals surface area contributed by atoms with Crippen molar-refractivity contribution in [3.05, 3.63) is 60.9 Å². The Morgan fingerprint density at radius 2 is 2.21 bits per heavy atom. The van der Waals surface area contributed by atoms with Crippen molar-refractivity contribution >= 4 is 23.5 Å². The van der Waals surface area contributed by atoms with Crippen LogP contribution in [-0.4, -0.2) is 70.4 Å². The number of hydrogen-bond donors (Lipinski definition) is 1. The molecule has 10 heteroatoms. The lowest BCUT2D eigenvalue weighted by Crippen LogP contribution is -2.51. The van der Waals surface area contributed by atoms with Crippen LogP contribution in [0.25, 0.3) is 17.0 Å². The van der Waals surface area contributed by atoms with Gasteiger partial charge in [0.2, 0.25) is 0 Å². The Kier molecular flexibility index (Phi) is 6.53. The number of rotatable bonds is 6. The SMILES string of the molecule is C=CCOC(=O)N1CC[C@H](F)[C@@H](Nc2cccc(-c3cnc4cc(C(=O)OC)ccn34)n2)C1. The van der Waals surface area contributed by atoms with Crippen molar-refractivity contribution in [3.63, 3.8) is 0 Å². The van der Waals surface area contributed by atoms with Crippen molar-refractivity contribution in [3.8, 4) is 11.4 Å². The summed E-state index contributed by atoms with van der Waals surface area (Å²) in [6.45, 7) is 4.08. The van der Waals surface area contributed by atoms with Crippen LogP contribution in [0.3, 0.4) is 0 Å². The van der Waals surface area contributed by atoms with E-state index in [9.17, 15) is 14.0 Å². The van der Waals surface area contributed by atoms with Crippen LogP contribution in [0.5, 0.6) is 0 Å². The number of hydrogen-bond acceptors (Lipinski definition) is 7. The lowest BCUT2D eigenvalue weighted by molar-refractivity contribution is 0.0600. The molecule has 4 heterocycles. The Hall–Kier alpha value is -3.95. The number of aromatic nitrogens is 3. The highest BCUT2D eigenvalue weighted by molar-refractivity contribution is 5.90. The summed E-state index contributed by atoms with van der Waals surface area (Å²) in [5, 5.41) is 3.11. The van der Waals surface area contributed by atoms with Gasteiger partial charge in [0.1, 0.15) is 24.2 Å². The molecule has 2 atom stereocenters. The van der Waals surface area contributed by atoms with Crippen molar-refractivity contribution in [2.24, 2.45) is 0 Å². The van der Waals surface area contributed by atoms with Crippen molar-refractivity contribution in [1.82, 2.24) is 19.3 Å². The number of anilines is 1. The molecule has 1 N–H and O–H groups in total. The molecule has 1 saturated heterocycles. The second-order valence-electron chi connectivity index (χ2n) is 7.55. The van der Waals surface area contributed by atoms with Crippen LogP contribution in [0.4, 0.5) is 15.0 Å². The fraction of sp³-hybridized carbons (Fsp3) is 0.304. The van der Waals surface area contributed by atoms with E-state index in [1.54, 1.807) is 41.1 Å². The number of amides is 1. The first-order valence-corrected chi connectivity index (χ1v) is 10.5. The number of fused-ring (bicyclic) bond motifs is 1. The van der Waals surface area contributed by atoms with Gasteiger partial charge in [0.15, 0.2) is 0 Å². The molecule has 3 aromatic rings. The smallest absolute Gasteiger partial charge is 0.410 e. The summed E-state index contributed by atoms with van der Waals surface area (Å²) in [6, 6.07) is 8.01. The molecule has 1 amide bonds. The second-order valence-corrected chi connectivity index (χ2v) is 7.55. The molecular formula is C23H24FN5O4. The van der Waals surface area contributed by atoms with E-state index in [4.69, 9.17) is 9.47 Å². The normalized spacial score (nSPS) is 18.1. The average Bonchev–Trinajstić information content (AvgIpc) is 3.27. The molecule has 172 valence electrons. The zero-order valence-electron chi connectivity index (χ0n) is 18.1. The number of nitrogens with one attached hydrogen (secondary N) is 1. The molecule has 0 spiro atoms. The van der Waals surface area contributed by atoms with Gasteiger partial charge in [-0.25, -0.2) is 23.9 Å². The van der Waals surface area contributed by atoms with Gasteiger partial charge in [-0.05, 0) is 30.7 Å². The number of imidazole rings is 1. The number of methoxy groups -OCH3 is 1. The van der Waals surface area contributed by atoms with Crippen LogP contribution in [0, 0.1) is 0 Å². The number of esters is 1. The molecule has 0 radical (unpaired) electrons. The summed E-state index contributed by atoms with van der Waals surface area (Å²) in [6.07, 6.45) is 3.44. The second kappa shape index (κ2) is 9.68. The Morgan fingerprint density at radius 1 is 1.36 bits per heavy atom. The summed E-state index contributed by atoms with van der Waals surface area (Å²) < 4.78 is 26.2. The minimum absolute atomic E-state index is 0.108. The predicted octanol–water partition coefficient (Wildman–Crippen LogP) is 3.33. The van der Waals surface area contributed by atoms with E-state index in [0.717, 1.165) is 0 Å². The quantitative estimate of drug-likeness (QED) is 0.452. The fourth-order valence-electron chi connectivity index (χ4n) is 3.71. The number of nitrogens with zero attached hydrogens (tertiary/aromatic N) is 4. The lowest BCUT2D eigenvalue weighted by atomic mass is 10.0. The predicted molar refractivity (Wildman–Crippen MR) is 120 cm³/mol. The van der Waals surface area contributed by atoms with E-state index in [2.05, 4.69) is 21.9 Å². The summed E-state index contributed by atoms with van der Waals surface area (Å²) in [5.41, 5.74) is 2.29. The molecule has 0 unspecified atom stereocenters. The minimum atomic E-state index is -1.13. The summed E-state index contributed by atoms with van der Waals surface area (Å²) in [4.78, 5) is 34.3. The van der Waals surface area contributed by atoms with Crippen LogP contribution in [0.2, 0.25) is 0 Å². The number of carbonyl (C=O) groups excluding carboxylic acids is 2. The topological polar surface area (TPSA) is 98.1 Å². The largest absolute Gasteiger partial charge is 0.465 e. The third-order valence-electron chi connectivity index (χ3n) is 5.39. The zero-order chi connectivity index (χ0) is 23.4. The molecule has 0 aliphatic carbocycles. The molecule has 1 fully saturated rings. The van der Waals surface area contributed by atoms with Crippen molar-refractivity contribution in [1.29, 1.82) is 0 Å². The highest BCUT2D eigenvalue weighted by atomic mass is 19.1. The Balaban J connectivity index is 1.53. The standard InChI is InChI=1S/C23H24FN5O4/c1-3-11-33-23(31)28-9-8-16(24)18(14-28)27-20-6-4-5-17(26-20)19-13-25-21-12-15(22(30)32-2)7-10-29(19)21/h3-7,10,12-13,16,18H,1,8-9,11,14H2,2H3,(H,26,27)/t16-,18-/m0/s1. The van der Waals surface area contributed by atoms with Crippen LogP contribution in [0.15, 0.2) is 55.4 Å². The van der Waals surface area contributed by atoms with Crippen LogP contribution < -0.4 is 5.32 Å². The lowest BCUT2D eigenvalue weighted by Gasteiger charge is -2.35. The van der Waals surface area contributed by atoms with Crippen molar-refractivity contribution in [2.45, 2.75) is 18.6 Å². The first kappa shape index (κ1) is 22.3. The Bertz CT molecular complexity index is 1180. The van der Waals surface area contributed by atoms with E-state index in [0.29, 0.717) is 28.4 Å². The molecule has 33 heavy (non-hydrogen) atoms. The summed E-state index contributed by atoms with van der Waals surface area (Å²) in [5.74, 6) is 0.0321. The van der Waals surface area contributed by atoms with Gasteiger partial charge >= 0.3 is 12.1 Å². The molecule has 1 aliphatic heterocycles. The number of alkyl halides is 1. The maximum absolute atomic E-state index is 14.6. The van der Waals surface area contributed by atoms with Crippen LogP contribution in [0.1, 0.15) is 16.8 Å². The van der Waals surface area contributed by atoms with Gasteiger partial charge in [0.25, 0.3) is 0 Å². The maximum atomic E-state index is 14.6. The highest BCUT2D eigenvalue weighted by Gasteiger charge is 2.32. The number of halogens is 1. The van der Waals surface area contributed by atoms with E-state index in [1.807, 2.05) is 6.07 Å². The molecule has 1 aliphatic rings. The molecule has 0 bridgehead atoms. The van der Waals surface area contributed by atoms with E-state index in [-0.39, 0.29) is 26.1 Å². The average molecular weight is 453 g/mol. The van der Waals surface area contributed by atoms with Gasteiger partial charge in [0.05, 0.1) is 36.3 Å². The number of likely N-dealkylation sites (tertiary alicyclic amines) is 1. The van der Waals surface area contributed by atoms with Gasteiger partial charge < -0.3 is 19.7 Å². The van der Waals surface area contributed by atoms with E-state index < -0.39 is 24.3 Å². The maximum Gasteiger partial charge on any atom is 0.410 e. The van der Waals surface area contributed by atoms with Gasteiger partial charge in [0, 0.05) is 19.3 Å². The summed E-state index contributed by atoms with van der Waals surface area (Å²) in [7, 11) is 1.32. The number of pyridine rings is 2. The first-order valence-electron chi connectivity index (χ1n) is 10.5. The molecular weight excluding hydrogens is 429 g/mol. The van der Waals surface area contributed by atoms with Crippen molar-refractivity contribution < 1.29 is 23.5 Å². The first-order chi connectivity index (χ1) is 16.0. The van der Waals surface area contributed by atoms with Gasteiger partial charge in [-0.15, -0.1) is 0 Å². The monoisotopic (exact) mass is 453 g/mol. The number of carbonyl (C=O) groups is 2. The number of ether oxygens (including phenoxy) is 2. The van der Waals surface area contributed by atoms with Crippen LogP contribution >= 0.6 is 0 Å². The molecule has 3 aromatic heterocycles. The molecule has 4 rings (SSSR count). The van der Waals surface area contributed by atoms with Gasteiger partial charge in [-0.1, -0.05) is 18.7 Å². The molecule has 9 nitrogen and oxygen atoms in total. The Labute approximate surface area is 189 Å². The highest BCUT2D eigenvalue weighted by Crippen LogP contribution is 2.23. The summed E-state index contributed by atoms with van der Waals surface area (Å²) >= 11 is 0. The number of piperidine rings is 1. The van der Waals surface area contributed by atoms with Gasteiger partial charge in [-0.3, -0.25) is 4.40 Å². The van der Waals surface area contributed by atoms with E-state index in [1.165, 1.54) is 18.1 Å². The molecule has 0 aromatic carbocycles. The van der Waals surface area contributed by atoms with Crippen LogP contribution in [-0.2, 0) is 9.47 Å².